The van der Waals surface area contributed by atoms with Gasteiger partial charge in [-0.25, -0.2) is 0 Å². The fourth-order valence-corrected chi connectivity index (χ4v) is 14.3. The van der Waals surface area contributed by atoms with E-state index in [0.717, 1.165) is 57.0 Å². The Morgan fingerprint density at radius 1 is 0.511 bits per heavy atom. The summed E-state index contributed by atoms with van der Waals surface area (Å²) >= 11 is 0. The van der Waals surface area contributed by atoms with Gasteiger partial charge < -0.3 is 8.85 Å². The monoisotopic (exact) mass is 660 g/mol. The van der Waals surface area contributed by atoms with Crippen molar-refractivity contribution >= 4 is 16.6 Å². The zero-order valence-corrected chi connectivity index (χ0v) is 31.9. The number of hydrogen-bond donors (Lipinski definition) is 0. The molecular formula is C43H56O2Si2. The van der Waals surface area contributed by atoms with Crippen molar-refractivity contribution in [3.63, 3.8) is 0 Å². The summed E-state index contributed by atoms with van der Waals surface area (Å²) in [6.45, 7) is 15.7. The molecule has 0 amide bonds. The molecule has 2 aliphatic rings. The van der Waals surface area contributed by atoms with Gasteiger partial charge in [0.2, 0.25) is 0 Å². The molecule has 4 aromatic rings. The van der Waals surface area contributed by atoms with Crippen molar-refractivity contribution in [1.82, 2.24) is 0 Å². The van der Waals surface area contributed by atoms with E-state index in [4.69, 9.17) is 8.85 Å². The summed E-state index contributed by atoms with van der Waals surface area (Å²) in [6.07, 6.45) is 4.04. The molecule has 248 valence electrons. The Kier molecular flexibility index (Phi) is 10.4. The van der Waals surface area contributed by atoms with E-state index >= 15 is 0 Å². The zero-order valence-electron chi connectivity index (χ0n) is 29.9. The van der Waals surface area contributed by atoms with Crippen molar-refractivity contribution in [1.29, 1.82) is 0 Å². The summed E-state index contributed by atoms with van der Waals surface area (Å²) in [5.41, 5.74) is 14.2. The molecule has 0 atom stereocenters. The number of rotatable bonds is 16. The average molecular weight is 661 g/mol. The van der Waals surface area contributed by atoms with Crippen LogP contribution in [0.5, 0.6) is 0 Å². The van der Waals surface area contributed by atoms with Gasteiger partial charge in [-0.1, -0.05) is 126 Å². The zero-order chi connectivity index (χ0) is 33.1. The molecule has 0 saturated heterocycles. The van der Waals surface area contributed by atoms with E-state index in [-0.39, 0.29) is 5.41 Å². The highest BCUT2D eigenvalue weighted by molar-refractivity contribution is 6.74. The molecule has 0 heterocycles. The van der Waals surface area contributed by atoms with Gasteiger partial charge in [0.05, 0.1) is 0 Å². The maximum Gasteiger partial charge on any atom is 0.192 e. The summed E-state index contributed by atoms with van der Waals surface area (Å²) in [6, 6.07) is 39.5. The second-order valence-corrected chi connectivity index (χ2v) is 23.7. The molecule has 0 spiro atoms. The van der Waals surface area contributed by atoms with Gasteiger partial charge >= 0.3 is 0 Å². The summed E-state index contributed by atoms with van der Waals surface area (Å²) < 4.78 is 14.4. The molecule has 0 unspecified atom stereocenters. The minimum atomic E-state index is -1.89. The third-order valence-electron chi connectivity index (χ3n) is 12.4. The lowest BCUT2D eigenvalue weighted by Crippen LogP contribution is -2.44. The van der Waals surface area contributed by atoms with E-state index in [2.05, 4.69) is 126 Å². The first-order chi connectivity index (χ1) is 22.9. The molecule has 0 N–H and O–H groups in total. The minimum absolute atomic E-state index is 0.267. The molecule has 0 aromatic heterocycles. The van der Waals surface area contributed by atoms with E-state index in [1.165, 1.54) is 73.8 Å². The lowest BCUT2D eigenvalue weighted by atomic mass is 9.68. The van der Waals surface area contributed by atoms with Crippen LogP contribution in [0, 0.1) is 0 Å². The van der Waals surface area contributed by atoms with Crippen molar-refractivity contribution in [3.8, 4) is 22.3 Å². The molecule has 6 rings (SSSR count). The van der Waals surface area contributed by atoms with Gasteiger partial charge in [-0.15, -0.1) is 0 Å². The van der Waals surface area contributed by atoms with Crippen LogP contribution in [-0.2, 0) is 27.1 Å². The highest BCUT2D eigenvalue weighted by Crippen LogP contribution is 2.50. The second-order valence-electron chi connectivity index (χ2n) is 14.1. The van der Waals surface area contributed by atoms with Gasteiger partial charge in [0.25, 0.3) is 0 Å². The first kappa shape index (κ1) is 34.1. The van der Waals surface area contributed by atoms with Crippen LogP contribution in [0.25, 0.3) is 22.3 Å². The Morgan fingerprint density at radius 2 is 0.936 bits per heavy atom. The fraction of sp³-hybridized carbons (Fsp3) is 0.442. The summed E-state index contributed by atoms with van der Waals surface area (Å²) in [7, 11) is -3.57. The SMILES string of the molecule is CC[Si](CC)(CC)OCCCC(CO[Si](CC)(CC)CC)(c1cccc2c1Cc1ccccc1-2)c1cccc2c1Cc1ccccc1-2. The topological polar surface area (TPSA) is 18.5 Å². The van der Waals surface area contributed by atoms with Crippen LogP contribution >= 0.6 is 0 Å². The molecule has 2 aliphatic carbocycles. The van der Waals surface area contributed by atoms with Gasteiger partial charge in [-0.3, -0.25) is 0 Å². The van der Waals surface area contributed by atoms with Crippen molar-refractivity contribution < 1.29 is 8.85 Å². The minimum Gasteiger partial charge on any atom is -0.417 e. The highest BCUT2D eigenvalue weighted by atomic mass is 28.4. The van der Waals surface area contributed by atoms with Crippen LogP contribution in [0.2, 0.25) is 36.3 Å². The van der Waals surface area contributed by atoms with Crippen molar-refractivity contribution in [2.45, 2.75) is 109 Å². The fourth-order valence-electron chi connectivity index (χ4n) is 8.90. The molecule has 4 aromatic carbocycles. The molecule has 0 bridgehead atoms. The number of hydrogen-bond acceptors (Lipinski definition) is 2. The predicted molar refractivity (Wildman–Crippen MR) is 206 cm³/mol. The largest absolute Gasteiger partial charge is 0.417 e. The van der Waals surface area contributed by atoms with E-state index in [1.807, 2.05) is 0 Å². The van der Waals surface area contributed by atoms with Crippen LogP contribution in [0.4, 0.5) is 0 Å². The molecule has 47 heavy (non-hydrogen) atoms. The third kappa shape index (κ3) is 6.16. The predicted octanol–water partition coefficient (Wildman–Crippen LogP) is 11.9. The van der Waals surface area contributed by atoms with Crippen LogP contribution < -0.4 is 0 Å². The average Bonchev–Trinajstić information content (AvgIpc) is 3.71. The lowest BCUT2D eigenvalue weighted by molar-refractivity contribution is 0.202. The van der Waals surface area contributed by atoms with E-state index in [9.17, 15) is 0 Å². The molecule has 0 fully saturated rings. The summed E-state index contributed by atoms with van der Waals surface area (Å²) in [5, 5.41) is 0. The molecule has 4 heteroatoms. The molecular weight excluding hydrogens is 605 g/mol. The standard InChI is InChI=1S/C43H56O2Si2/c1-7-46(8-2,9-3)44-29-19-28-43(32-45-47(10-4,11-5)12-6,41-26-17-24-37-35-22-15-13-20-33(35)30-39(37)41)42-27-18-25-38-36-23-16-14-21-34(36)31-40(38)42/h13-18,20-27H,7-12,19,28-32H2,1-6H3. The summed E-state index contributed by atoms with van der Waals surface area (Å²) in [5.74, 6) is 0. The lowest BCUT2D eigenvalue weighted by Gasteiger charge is -2.42. The number of benzene rings is 4. The Balaban J connectivity index is 1.53. The van der Waals surface area contributed by atoms with Gasteiger partial charge in [0.15, 0.2) is 16.6 Å². The van der Waals surface area contributed by atoms with Gasteiger partial charge in [-0.2, -0.15) is 0 Å². The molecule has 0 radical (unpaired) electrons. The van der Waals surface area contributed by atoms with Crippen molar-refractivity contribution in [2.24, 2.45) is 0 Å². The van der Waals surface area contributed by atoms with Crippen molar-refractivity contribution in [2.75, 3.05) is 13.2 Å². The van der Waals surface area contributed by atoms with Crippen LogP contribution in [0.15, 0.2) is 84.9 Å². The molecule has 0 aliphatic heterocycles. The highest BCUT2D eigenvalue weighted by Gasteiger charge is 2.43. The maximum atomic E-state index is 7.49. The third-order valence-corrected chi connectivity index (χ3v) is 21.7. The quantitative estimate of drug-likeness (QED) is 0.0760. The van der Waals surface area contributed by atoms with E-state index in [1.54, 1.807) is 0 Å². The van der Waals surface area contributed by atoms with Crippen molar-refractivity contribution in [3.05, 3.63) is 118 Å². The molecule has 2 nitrogen and oxygen atoms in total. The first-order valence-electron chi connectivity index (χ1n) is 18.6. The van der Waals surface area contributed by atoms with Crippen LogP contribution in [-0.4, -0.2) is 29.8 Å². The normalized spacial score (nSPS) is 13.7. The first-order valence-corrected chi connectivity index (χ1v) is 23.7. The second kappa shape index (κ2) is 14.4. The van der Waals surface area contributed by atoms with Crippen LogP contribution in [0.1, 0.15) is 87.8 Å². The van der Waals surface area contributed by atoms with Crippen LogP contribution in [0.3, 0.4) is 0 Å². The molecule has 0 saturated carbocycles. The van der Waals surface area contributed by atoms with Gasteiger partial charge in [0.1, 0.15) is 0 Å². The smallest absolute Gasteiger partial charge is 0.192 e. The van der Waals surface area contributed by atoms with Gasteiger partial charge in [-0.05, 0) is 118 Å². The Hall–Kier alpha value is -2.77. The Labute approximate surface area is 287 Å². The Bertz CT molecular complexity index is 1570. The van der Waals surface area contributed by atoms with E-state index in [0.29, 0.717) is 0 Å². The number of fused-ring (bicyclic) bond motifs is 6. The maximum absolute atomic E-state index is 7.49. The van der Waals surface area contributed by atoms with E-state index < -0.39 is 16.6 Å². The Morgan fingerprint density at radius 3 is 1.40 bits per heavy atom. The summed E-state index contributed by atoms with van der Waals surface area (Å²) in [4.78, 5) is 0. The van der Waals surface area contributed by atoms with Gasteiger partial charge in [0, 0.05) is 18.6 Å².